The van der Waals surface area contributed by atoms with Gasteiger partial charge in [0.05, 0.1) is 24.4 Å². The third kappa shape index (κ3) is 4.12. The second-order valence-corrected chi connectivity index (χ2v) is 6.85. The zero-order valence-electron chi connectivity index (χ0n) is 13.8. The lowest BCUT2D eigenvalue weighted by Gasteiger charge is -2.17. The zero-order valence-corrected chi connectivity index (χ0v) is 14.6. The number of aromatic nitrogens is 2. The Hall–Kier alpha value is -2.51. The minimum Gasteiger partial charge on any atom is -0.394 e. The van der Waals surface area contributed by atoms with Crippen molar-refractivity contribution in [3.8, 4) is 0 Å². The van der Waals surface area contributed by atoms with E-state index in [1.165, 1.54) is 22.2 Å². The maximum absolute atomic E-state index is 12.3. The molecule has 7 heteroatoms. The van der Waals surface area contributed by atoms with Crippen LogP contribution < -0.4 is 10.9 Å². The van der Waals surface area contributed by atoms with Crippen molar-refractivity contribution in [3.05, 3.63) is 63.5 Å². The van der Waals surface area contributed by atoms with Gasteiger partial charge in [0.1, 0.15) is 11.4 Å². The normalized spacial score (nSPS) is 12.2. The van der Waals surface area contributed by atoms with E-state index >= 15 is 0 Å². The lowest BCUT2D eigenvalue weighted by Crippen LogP contribution is -2.42. The number of rotatable bonds is 6. The van der Waals surface area contributed by atoms with Gasteiger partial charge in [-0.3, -0.25) is 14.2 Å². The van der Waals surface area contributed by atoms with Crippen LogP contribution in [-0.4, -0.2) is 33.2 Å². The lowest BCUT2D eigenvalue weighted by molar-refractivity contribution is -0.122. The van der Waals surface area contributed by atoms with Crippen LogP contribution in [0.25, 0.3) is 10.2 Å². The fourth-order valence-corrected chi connectivity index (χ4v) is 3.44. The first kappa shape index (κ1) is 17.3. The van der Waals surface area contributed by atoms with Crippen LogP contribution in [-0.2, 0) is 17.8 Å². The number of carbonyl (C=O) groups is 1. The van der Waals surface area contributed by atoms with Gasteiger partial charge in [0.25, 0.3) is 5.56 Å². The van der Waals surface area contributed by atoms with Gasteiger partial charge in [-0.25, -0.2) is 4.98 Å². The molecular weight excluding hydrogens is 338 g/mol. The van der Waals surface area contributed by atoms with Crippen molar-refractivity contribution >= 4 is 27.5 Å². The van der Waals surface area contributed by atoms with Crippen LogP contribution in [0.3, 0.4) is 0 Å². The molecule has 0 saturated heterocycles. The van der Waals surface area contributed by atoms with Crippen molar-refractivity contribution in [2.75, 3.05) is 6.61 Å². The molecule has 0 fully saturated rings. The summed E-state index contributed by atoms with van der Waals surface area (Å²) in [5.41, 5.74) is 1.93. The Bertz CT molecular complexity index is 948. The molecule has 1 unspecified atom stereocenters. The van der Waals surface area contributed by atoms with E-state index < -0.39 is 6.04 Å². The van der Waals surface area contributed by atoms with E-state index in [1.54, 1.807) is 11.4 Å². The first-order valence-electron chi connectivity index (χ1n) is 7.95. The van der Waals surface area contributed by atoms with E-state index in [0.717, 1.165) is 11.1 Å². The third-order valence-electron chi connectivity index (χ3n) is 3.91. The summed E-state index contributed by atoms with van der Waals surface area (Å²) in [5, 5.41) is 14.6. The highest BCUT2D eigenvalue weighted by atomic mass is 32.1. The second kappa shape index (κ2) is 7.58. The Labute approximate surface area is 148 Å². The number of nitrogens with zero attached hydrogens (tertiary/aromatic N) is 2. The van der Waals surface area contributed by atoms with Gasteiger partial charge in [-0.05, 0) is 30.4 Å². The van der Waals surface area contributed by atoms with Crippen molar-refractivity contribution in [3.63, 3.8) is 0 Å². The smallest absolute Gasteiger partial charge is 0.262 e. The second-order valence-electron chi connectivity index (χ2n) is 5.96. The van der Waals surface area contributed by atoms with Gasteiger partial charge in [-0.15, -0.1) is 11.3 Å². The number of carbonyl (C=O) groups excluding carboxylic acids is 1. The summed E-state index contributed by atoms with van der Waals surface area (Å²) in [6, 6.07) is 9.23. The molecule has 130 valence electrons. The van der Waals surface area contributed by atoms with Crippen molar-refractivity contribution in [1.29, 1.82) is 0 Å². The molecule has 0 bridgehead atoms. The molecule has 2 N–H and O–H groups in total. The Balaban J connectivity index is 1.67. The summed E-state index contributed by atoms with van der Waals surface area (Å²) in [6.07, 6.45) is 1.91. The van der Waals surface area contributed by atoms with E-state index in [4.69, 9.17) is 0 Å². The van der Waals surface area contributed by atoms with Crippen LogP contribution in [0.15, 0.2) is 46.8 Å². The van der Waals surface area contributed by atoms with Gasteiger partial charge >= 0.3 is 0 Å². The van der Waals surface area contributed by atoms with Gasteiger partial charge in [0.15, 0.2) is 0 Å². The molecule has 0 saturated carbocycles. The average Bonchev–Trinajstić information content (AvgIpc) is 3.06. The largest absolute Gasteiger partial charge is 0.394 e. The van der Waals surface area contributed by atoms with Crippen LogP contribution in [0.5, 0.6) is 0 Å². The fraction of sp³-hybridized carbons (Fsp3) is 0.278. The molecule has 6 nitrogen and oxygen atoms in total. The Kier molecular flexibility index (Phi) is 5.25. The molecule has 0 radical (unpaired) electrons. The summed E-state index contributed by atoms with van der Waals surface area (Å²) in [6.45, 7) is 1.70. The van der Waals surface area contributed by atoms with Crippen molar-refractivity contribution in [2.45, 2.75) is 25.9 Å². The molecule has 0 aliphatic carbocycles. The van der Waals surface area contributed by atoms with Crippen molar-refractivity contribution < 1.29 is 9.90 Å². The summed E-state index contributed by atoms with van der Waals surface area (Å²) in [7, 11) is 0. The minimum atomic E-state index is -0.400. The quantitative estimate of drug-likeness (QED) is 0.700. The summed E-state index contributed by atoms with van der Waals surface area (Å²) in [4.78, 5) is 29.4. The molecule has 0 aliphatic rings. The van der Waals surface area contributed by atoms with Crippen LogP contribution in [0, 0.1) is 6.92 Å². The van der Waals surface area contributed by atoms with Crippen LogP contribution in [0.4, 0.5) is 0 Å². The molecule has 1 amide bonds. The lowest BCUT2D eigenvalue weighted by atomic mass is 10.0. The number of aryl methyl sites for hydroxylation is 1. The van der Waals surface area contributed by atoms with Gasteiger partial charge in [0, 0.05) is 0 Å². The predicted molar refractivity (Wildman–Crippen MR) is 97.8 cm³/mol. The molecule has 2 aromatic heterocycles. The van der Waals surface area contributed by atoms with E-state index in [1.807, 2.05) is 31.2 Å². The maximum atomic E-state index is 12.3. The predicted octanol–water partition coefficient (Wildman–Crippen LogP) is 1.49. The van der Waals surface area contributed by atoms with Crippen LogP contribution in [0.1, 0.15) is 11.1 Å². The Morgan fingerprint density at radius 2 is 2.24 bits per heavy atom. The Morgan fingerprint density at radius 1 is 1.40 bits per heavy atom. The van der Waals surface area contributed by atoms with Crippen LogP contribution in [0.2, 0.25) is 0 Å². The molecule has 1 aromatic carbocycles. The average molecular weight is 357 g/mol. The van der Waals surface area contributed by atoms with Crippen molar-refractivity contribution in [2.24, 2.45) is 0 Å². The van der Waals surface area contributed by atoms with Gasteiger partial charge in [-0.2, -0.15) is 0 Å². The zero-order chi connectivity index (χ0) is 17.8. The maximum Gasteiger partial charge on any atom is 0.262 e. The van der Waals surface area contributed by atoms with E-state index in [-0.39, 0.29) is 24.6 Å². The monoisotopic (exact) mass is 357 g/mol. The number of amides is 1. The van der Waals surface area contributed by atoms with Crippen LogP contribution >= 0.6 is 11.3 Å². The molecular formula is C18H19N3O3S. The van der Waals surface area contributed by atoms with Gasteiger partial charge < -0.3 is 10.4 Å². The third-order valence-corrected chi connectivity index (χ3v) is 4.74. The highest BCUT2D eigenvalue weighted by molar-refractivity contribution is 7.16. The van der Waals surface area contributed by atoms with Crippen molar-refractivity contribution in [1.82, 2.24) is 14.9 Å². The molecule has 0 spiro atoms. The van der Waals surface area contributed by atoms with E-state index in [9.17, 15) is 14.7 Å². The molecule has 2 heterocycles. The number of benzene rings is 1. The summed E-state index contributed by atoms with van der Waals surface area (Å²) >= 11 is 1.39. The first-order chi connectivity index (χ1) is 12.1. The summed E-state index contributed by atoms with van der Waals surface area (Å²) in [5.74, 6) is -0.329. The topological polar surface area (TPSA) is 84.2 Å². The highest BCUT2D eigenvalue weighted by Gasteiger charge is 2.14. The molecule has 3 aromatic rings. The van der Waals surface area contributed by atoms with E-state index in [0.29, 0.717) is 16.6 Å². The van der Waals surface area contributed by atoms with Gasteiger partial charge in [0.2, 0.25) is 5.91 Å². The number of fused-ring (bicyclic) bond motifs is 1. The van der Waals surface area contributed by atoms with E-state index in [2.05, 4.69) is 10.3 Å². The fourth-order valence-electron chi connectivity index (χ4n) is 2.72. The number of aliphatic hydroxyl groups excluding tert-OH is 1. The number of nitrogens with one attached hydrogen (secondary N) is 1. The number of thiophene rings is 1. The highest BCUT2D eigenvalue weighted by Crippen LogP contribution is 2.13. The number of hydrogen-bond donors (Lipinski definition) is 2. The molecule has 1 atom stereocenters. The Morgan fingerprint density at radius 3 is 3.00 bits per heavy atom. The minimum absolute atomic E-state index is 0.123. The number of aliphatic hydroxyl groups is 1. The molecule has 25 heavy (non-hydrogen) atoms. The first-order valence-corrected chi connectivity index (χ1v) is 8.83. The summed E-state index contributed by atoms with van der Waals surface area (Å²) < 4.78 is 1.28. The number of hydrogen-bond acceptors (Lipinski definition) is 5. The van der Waals surface area contributed by atoms with Gasteiger partial charge in [-0.1, -0.05) is 29.8 Å². The SMILES string of the molecule is Cc1cccc(CC(CO)NC(=O)Cn2cnc3sccc3c2=O)c1. The molecule has 3 rings (SSSR count). The molecule has 0 aliphatic heterocycles. The standard InChI is InChI=1S/C18H19N3O3S/c1-12-3-2-4-13(7-12)8-14(10-22)20-16(23)9-21-11-19-17-15(18(21)24)5-6-25-17/h2-7,11,14,22H,8-10H2,1H3,(H,20,23).